The first kappa shape index (κ1) is 10.7. The summed E-state index contributed by atoms with van der Waals surface area (Å²) in [5, 5.41) is 5.02. The fourth-order valence-corrected chi connectivity index (χ4v) is 2.13. The first-order chi connectivity index (χ1) is 8.33. The van der Waals surface area contributed by atoms with Crippen molar-refractivity contribution in [2.75, 3.05) is 0 Å². The molecule has 0 aliphatic heterocycles. The number of rotatable bonds is 3. The van der Waals surface area contributed by atoms with Crippen LogP contribution in [0.1, 0.15) is 36.6 Å². The fourth-order valence-electron chi connectivity index (χ4n) is 1.95. The Bertz CT molecular complexity index is 519. The third-order valence-electron chi connectivity index (χ3n) is 3.19. The summed E-state index contributed by atoms with van der Waals surface area (Å²) in [6.07, 6.45) is 7.20. The van der Waals surface area contributed by atoms with Crippen molar-refractivity contribution in [1.29, 1.82) is 0 Å². The smallest absolute Gasteiger partial charge is 0.153 e. The Morgan fingerprint density at radius 2 is 2.24 bits per heavy atom. The first-order valence-corrected chi connectivity index (χ1v) is 6.19. The molecule has 0 N–H and O–H groups in total. The summed E-state index contributed by atoms with van der Waals surface area (Å²) in [4.78, 5) is 8.40. The monoisotopic (exact) mass is 248 g/mol. The minimum Gasteiger partial charge on any atom is -0.248 e. The van der Waals surface area contributed by atoms with Gasteiger partial charge in [-0.2, -0.15) is 5.10 Å². The van der Waals surface area contributed by atoms with Crippen LogP contribution in [0.4, 0.5) is 0 Å². The topological polar surface area (TPSA) is 43.6 Å². The Kier molecular flexibility index (Phi) is 2.81. The van der Waals surface area contributed by atoms with Crippen LogP contribution < -0.4 is 0 Å². The van der Waals surface area contributed by atoms with E-state index in [1.54, 1.807) is 12.5 Å². The van der Waals surface area contributed by atoms with Gasteiger partial charge in [0.25, 0.3) is 0 Å². The lowest BCUT2D eigenvalue weighted by molar-refractivity contribution is 0.399. The molecular formula is C12H13ClN4. The van der Waals surface area contributed by atoms with Crippen molar-refractivity contribution < 1.29 is 0 Å². The maximum Gasteiger partial charge on any atom is 0.153 e. The lowest BCUT2D eigenvalue weighted by Crippen LogP contribution is -2.11. The van der Waals surface area contributed by atoms with Crippen molar-refractivity contribution in [3.63, 3.8) is 0 Å². The molecule has 88 valence electrons. The molecule has 3 rings (SSSR count). The molecule has 1 aliphatic rings. The Balaban J connectivity index is 1.76. The fraction of sp³-hybridized carbons (Fsp3) is 0.417. The molecule has 0 aromatic carbocycles. The zero-order valence-corrected chi connectivity index (χ0v) is 10.1. The van der Waals surface area contributed by atoms with Crippen molar-refractivity contribution in [3.05, 3.63) is 41.2 Å². The van der Waals surface area contributed by atoms with Gasteiger partial charge in [-0.15, -0.1) is 0 Å². The lowest BCUT2D eigenvalue weighted by atomic mass is 9.85. The summed E-state index contributed by atoms with van der Waals surface area (Å²) < 4.78 is 1.83. The summed E-state index contributed by atoms with van der Waals surface area (Å²) in [6.45, 7) is 0.631. The van der Waals surface area contributed by atoms with Gasteiger partial charge in [-0.3, -0.25) is 0 Å². The molecule has 0 radical (unpaired) electrons. The second kappa shape index (κ2) is 4.45. The second-order valence-corrected chi connectivity index (χ2v) is 4.74. The molecule has 2 aromatic heterocycles. The van der Waals surface area contributed by atoms with Gasteiger partial charge < -0.3 is 0 Å². The van der Waals surface area contributed by atoms with E-state index in [1.165, 1.54) is 19.3 Å². The summed E-state index contributed by atoms with van der Waals surface area (Å²) in [7, 11) is 0. The Labute approximate surface area is 105 Å². The molecule has 0 unspecified atom stereocenters. The van der Waals surface area contributed by atoms with E-state index in [9.17, 15) is 0 Å². The molecule has 0 atom stereocenters. The summed E-state index contributed by atoms with van der Waals surface area (Å²) in [5.41, 5.74) is 0.972. The van der Waals surface area contributed by atoms with E-state index in [0.717, 1.165) is 11.4 Å². The quantitative estimate of drug-likeness (QED) is 0.785. The molecule has 0 bridgehead atoms. The average molecular weight is 249 g/mol. The number of halogens is 1. The Morgan fingerprint density at radius 3 is 2.94 bits per heavy atom. The van der Waals surface area contributed by atoms with Crippen molar-refractivity contribution in [1.82, 2.24) is 19.7 Å². The largest absolute Gasteiger partial charge is 0.248 e. The molecule has 0 saturated heterocycles. The van der Waals surface area contributed by atoms with Crippen LogP contribution in [0, 0.1) is 0 Å². The van der Waals surface area contributed by atoms with E-state index in [4.69, 9.17) is 11.6 Å². The highest BCUT2D eigenvalue weighted by molar-refractivity contribution is 6.30. The highest BCUT2D eigenvalue weighted by Crippen LogP contribution is 2.33. The van der Waals surface area contributed by atoms with E-state index >= 15 is 0 Å². The molecular weight excluding hydrogens is 236 g/mol. The molecule has 4 nitrogen and oxygen atoms in total. The average Bonchev–Trinajstić information content (AvgIpc) is 2.67. The van der Waals surface area contributed by atoms with Crippen LogP contribution in [0.15, 0.2) is 24.7 Å². The van der Waals surface area contributed by atoms with E-state index in [2.05, 4.69) is 15.1 Å². The highest BCUT2D eigenvalue weighted by atomic mass is 35.5. The van der Waals surface area contributed by atoms with E-state index in [1.807, 2.05) is 16.8 Å². The maximum absolute atomic E-state index is 6.01. The number of aromatic nitrogens is 4. The standard InChI is InChI=1S/C12H13ClN4/c13-11-10(5-2-6-14-11)7-17-8-15-12(16-17)9-3-1-4-9/h2,5-6,8-9H,1,3-4,7H2. The molecule has 0 spiro atoms. The first-order valence-electron chi connectivity index (χ1n) is 5.81. The van der Waals surface area contributed by atoms with Gasteiger partial charge in [-0.05, 0) is 18.9 Å². The van der Waals surface area contributed by atoms with Crippen LogP contribution in [0.2, 0.25) is 5.15 Å². The molecule has 5 heteroatoms. The molecule has 2 heterocycles. The molecule has 0 amide bonds. The van der Waals surface area contributed by atoms with Crippen molar-refractivity contribution in [2.45, 2.75) is 31.7 Å². The SMILES string of the molecule is Clc1ncccc1Cn1cnc(C2CCC2)n1. The summed E-state index contributed by atoms with van der Waals surface area (Å²) in [6, 6.07) is 3.84. The van der Waals surface area contributed by atoms with Crippen molar-refractivity contribution >= 4 is 11.6 Å². The van der Waals surface area contributed by atoms with Gasteiger partial charge in [0.15, 0.2) is 5.82 Å². The molecule has 17 heavy (non-hydrogen) atoms. The van der Waals surface area contributed by atoms with E-state index in [-0.39, 0.29) is 0 Å². The van der Waals surface area contributed by atoms with E-state index in [0.29, 0.717) is 17.6 Å². The maximum atomic E-state index is 6.01. The number of hydrogen-bond donors (Lipinski definition) is 0. The minimum atomic E-state index is 0.535. The van der Waals surface area contributed by atoms with Crippen LogP contribution in [0.25, 0.3) is 0 Å². The molecule has 1 aliphatic carbocycles. The van der Waals surface area contributed by atoms with Gasteiger partial charge in [-0.25, -0.2) is 14.6 Å². The predicted molar refractivity (Wildman–Crippen MR) is 65.0 cm³/mol. The molecule has 1 saturated carbocycles. The Morgan fingerprint density at radius 1 is 1.35 bits per heavy atom. The second-order valence-electron chi connectivity index (χ2n) is 4.38. The van der Waals surface area contributed by atoms with Gasteiger partial charge in [0.2, 0.25) is 0 Å². The molecule has 2 aromatic rings. The summed E-state index contributed by atoms with van der Waals surface area (Å²) in [5.74, 6) is 1.54. The van der Waals surface area contributed by atoms with Crippen molar-refractivity contribution in [2.24, 2.45) is 0 Å². The van der Waals surface area contributed by atoms with Crippen LogP contribution in [-0.2, 0) is 6.54 Å². The van der Waals surface area contributed by atoms with Gasteiger partial charge in [0, 0.05) is 17.7 Å². The third kappa shape index (κ3) is 2.17. The van der Waals surface area contributed by atoms with Crippen LogP contribution in [0.3, 0.4) is 0 Å². The normalized spacial score (nSPS) is 15.8. The number of hydrogen-bond acceptors (Lipinski definition) is 3. The van der Waals surface area contributed by atoms with Crippen LogP contribution in [0.5, 0.6) is 0 Å². The highest BCUT2D eigenvalue weighted by Gasteiger charge is 2.23. The van der Waals surface area contributed by atoms with Crippen LogP contribution >= 0.6 is 11.6 Å². The lowest BCUT2D eigenvalue weighted by Gasteiger charge is -2.21. The zero-order valence-electron chi connectivity index (χ0n) is 9.38. The number of nitrogens with zero attached hydrogens (tertiary/aromatic N) is 4. The third-order valence-corrected chi connectivity index (χ3v) is 3.53. The minimum absolute atomic E-state index is 0.535. The van der Waals surface area contributed by atoms with Gasteiger partial charge in [0.05, 0.1) is 6.54 Å². The predicted octanol–water partition coefficient (Wildman–Crippen LogP) is 2.64. The van der Waals surface area contributed by atoms with Crippen molar-refractivity contribution in [3.8, 4) is 0 Å². The Hall–Kier alpha value is -1.42. The van der Waals surface area contributed by atoms with Gasteiger partial charge >= 0.3 is 0 Å². The van der Waals surface area contributed by atoms with Crippen LogP contribution in [-0.4, -0.2) is 19.7 Å². The van der Waals surface area contributed by atoms with Gasteiger partial charge in [0.1, 0.15) is 11.5 Å². The number of pyridine rings is 1. The molecule has 1 fully saturated rings. The zero-order chi connectivity index (χ0) is 11.7. The van der Waals surface area contributed by atoms with Gasteiger partial charge in [-0.1, -0.05) is 24.1 Å². The summed E-state index contributed by atoms with van der Waals surface area (Å²) >= 11 is 6.01. The van der Waals surface area contributed by atoms with E-state index < -0.39 is 0 Å².